The maximum atomic E-state index is 13.8. The minimum absolute atomic E-state index is 0.0220. The number of halogens is 3. The van der Waals surface area contributed by atoms with Gasteiger partial charge in [-0.25, -0.2) is 4.39 Å². The normalized spacial score (nSPS) is 13.1. The average molecular weight is 346 g/mol. The van der Waals surface area contributed by atoms with Gasteiger partial charge in [-0.05, 0) is 47.4 Å². The van der Waals surface area contributed by atoms with Crippen LogP contribution in [0.25, 0.3) is 11.0 Å². The molecule has 0 bridgehead atoms. The smallest absolute Gasteiger partial charge is 0.201 e. The van der Waals surface area contributed by atoms with Gasteiger partial charge in [0.25, 0.3) is 0 Å². The number of rotatable bonds is 6. The molecule has 2 rings (SSSR count). The molecule has 1 heterocycles. The van der Waals surface area contributed by atoms with Gasteiger partial charge in [-0.15, -0.1) is 0 Å². The van der Waals surface area contributed by atoms with Gasteiger partial charge in [0, 0.05) is 9.86 Å². The topological polar surface area (TPSA) is 25.2 Å². The van der Waals surface area contributed by atoms with E-state index in [1.807, 2.05) is 0 Å². The Labute approximate surface area is 125 Å². The van der Waals surface area contributed by atoms with Gasteiger partial charge in [0.15, 0.2) is 11.4 Å². The number of fused-ring (bicyclic) bond motifs is 1. The fourth-order valence-electron chi connectivity index (χ4n) is 2.24. The molecule has 1 unspecified atom stereocenters. The number of hydrogen-bond donors (Lipinski definition) is 1. The molecular formula is C15H18BrF2NO. The Hall–Kier alpha value is -0.940. The van der Waals surface area contributed by atoms with Crippen LogP contribution in [0.5, 0.6) is 0 Å². The van der Waals surface area contributed by atoms with Crippen LogP contribution in [0.15, 0.2) is 21.0 Å². The third-order valence-corrected chi connectivity index (χ3v) is 3.89. The van der Waals surface area contributed by atoms with Crippen molar-refractivity contribution in [3.05, 3.63) is 34.0 Å². The molecule has 0 amide bonds. The Morgan fingerprint density at radius 3 is 2.65 bits per heavy atom. The first-order chi connectivity index (χ1) is 9.58. The standard InChI is InChI=1S/C15H18BrF2NO/c1-3-5-12(19-6-4-2)13-7-9-10(16)8-11(17)14(18)15(9)20-13/h7-8,12,19H,3-6H2,1-2H3. The molecule has 0 fully saturated rings. The van der Waals surface area contributed by atoms with Gasteiger partial charge < -0.3 is 9.73 Å². The van der Waals surface area contributed by atoms with Gasteiger partial charge in [0.1, 0.15) is 5.76 Å². The van der Waals surface area contributed by atoms with Crippen molar-refractivity contribution in [1.29, 1.82) is 0 Å². The second-order valence-corrected chi connectivity index (χ2v) is 5.70. The monoisotopic (exact) mass is 345 g/mol. The van der Waals surface area contributed by atoms with Crippen molar-refractivity contribution in [2.24, 2.45) is 0 Å². The highest BCUT2D eigenvalue weighted by molar-refractivity contribution is 9.10. The van der Waals surface area contributed by atoms with Crippen LogP contribution in [0.4, 0.5) is 8.78 Å². The first-order valence-electron chi connectivity index (χ1n) is 6.88. The molecule has 1 aromatic carbocycles. The van der Waals surface area contributed by atoms with Crippen LogP contribution in [-0.4, -0.2) is 6.54 Å². The number of nitrogens with one attached hydrogen (secondary N) is 1. The lowest BCUT2D eigenvalue weighted by molar-refractivity contribution is 0.399. The van der Waals surface area contributed by atoms with Crippen LogP contribution in [0.3, 0.4) is 0 Å². The second-order valence-electron chi connectivity index (χ2n) is 4.84. The molecule has 110 valence electrons. The summed E-state index contributed by atoms with van der Waals surface area (Å²) in [5, 5.41) is 3.94. The Bertz CT molecular complexity index is 597. The molecule has 0 saturated heterocycles. The number of benzene rings is 1. The van der Waals surface area contributed by atoms with Crippen LogP contribution in [0.1, 0.15) is 44.9 Å². The lowest BCUT2D eigenvalue weighted by Gasteiger charge is -2.14. The summed E-state index contributed by atoms with van der Waals surface area (Å²) in [6.45, 7) is 5.03. The molecule has 2 nitrogen and oxygen atoms in total. The van der Waals surface area contributed by atoms with E-state index in [-0.39, 0.29) is 11.6 Å². The van der Waals surface area contributed by atoms with Crippen LogP contribution < -0.4 is 5.32 Å². The molecule has 2 aromatic rings. The highest BCUT2D eigenvalue weighted by Gasteiger charge is 2.20. The summed E-state index contributed by atoms with van der Waals surface area (Å²) < 4.78 is 33.2. The van der Waals surface area contributed by atoms with Crippen LogP contribution in [0, 0.1) is 11.6 Å². The Balaban J connectivity index is 2.43. The van der Waals surface area contributed by atoms with E-state index in [1.54, 1.807) is 6.07 Å². The van der Waals surface area contributed by atoms with Crippen molar-refractivity contribution < 1.29 is 13.2 Å². The molecule has 0 aliphatic heterocycles. The van der Waals surface area contributed by atoms with Gasteiger partial charge in [-0.2, -0.15) is 4.39 Å². The average Bonchev–Trinajstić information content (AvgIpc) is 2.86. The van der Waals surface area contributed by atoms with Crippen molar-refractivity contribution in [2.75, 3.05) is 6.54 Å². The summed E-state index contributed by atoms with van der Waals surface area (Å²) in [6, 6.07) is 2.94. The zero-order valence-electron chi connectivity index (χ0n) is 11.6. The lowest BCUT2D eigenvalue weighted by atomic mass is 10.1. The van der Waals surface area contributed by atoms with Gasteiger partial charge in [0.05, 0.1) is 6.04 Å². The Morgan fingerprint density at radius 1 is 1.25 bits per heavy atom. The van der Waals surface area contributed by atoms with Gasteiger partial charge in [-0.3, -0.25) is 0 Å². The highest BCUT2D eigenvalue weighted by atomic mass is 79.9. The highest BCUT2D eigenvalue weighted by Crippen LogP contribution is 2.34. The van der Waals surface area contributed by atoms with E-state index in [0.29, 0.717) is 15.6 Å². The number of hydrogen-bond acceptors (Lipinski definition) is 2. The fourth-order valence-corrected chi connectivity index (χ4v) is 2.73. The summed E-state index contributed by atoms with van der Waals surface area (Å²) in [7, 11) is 0. The predicted molar refractivity (Wildman–Crippen MR) is 79.8 cm³/mol. The van der Waals surface area contributed by atoms with Gasteiger partial charge in [-0.1, -0.05) is 20.3 Å². The summed E-state index contributed by atoms with van der Waals surface area (Å²) in [5.74, 6) is -1.18. The van der Waals surface area contributed by atoms with E-state index in [2.05, 4.69) is 35.1 Å². The fraction of sp³-hybridized carbons (Fsp3) is 0.467. The third-order valence-electron chi connectivity index (χ3n) is 3.23. The maximum absolute atomic E-state index is 13.8. The molecule has 0 aliphatic carbocycles. The van der Waals surface area contributed by atoms with E-state index in [1.165, 1.54) is 0 Å². The Morgan fingerprint density at radius 2 is 2.00 bits per heavy atom. The van der Waals surface area contributed by atoms with Crippen molar-refractivity contribution >= 4 is 26.9 Å². The van der Waals surface area contributed by atoms with Gasteiger partial charge >= 0.3 is 0 Å². The minimum atomic E-state index is -0.930. The van der Waals surface area contributed by atoms with E-state index in [9.17, 15) is 8.78 Å². The maximum Gasteiger partial charge on any atom is 0.201 e. The zero-order valence-corrected chi connectivity index (χ0v) is 13.2. The van der Waals surface area contributed by atoms with Crippen LogP contribution in [-0.2, 0) is 0 Å². The molecular weight excluding hydrogens is 328 g/mol. The SMILES string of the molecule is CCCNC(CCC)c1cc2c(Br)cc(F)c(F)c2o1. The predicted octanol–water partition coefficient (Wildman–Crippen LogP) is 5.31. The summed E-state index contributed by atoms with van der Waals surface area (Å²) >= 11 is 3.25. The third kappa shape index (κ3) is 3.04. The first kappa shape index (κ1) is 15.4. The van der Waals surface area contributed by atoms with Crippen molar-refractivity contribution in [1.82, 2.24) is 5.32 Å². The number of furan rings is 1. The Kier molecular flexibility index (Phi) is 5.16. The largest absolute Gasteiger partial charge is 0.456 e. The van der Waals surface area contributed by atoms with E-state index in [0.717, 1.165) is 31.9 Å². The molecule has 1 aromatic heterocycles. The van der Waals surface area contributed by atoms with E-state index < -0.39 is 11.6 Å². The lowest BCUT2D eigenvalue weighted by Crippen LogP contribution is -2.21. The van der Waals surface area contributed by atoms with Crippen molar-refractivity contribution in [3.63, 3.8) is 0 Å². The summed E-state index contributed by atoms with van der Waals surface area (Å²) in [5.41, 5.74) is -0.0220. The molecule has 0 spiro atoms. The molecule has 0 aliphatic rings. The van der Waals surface area contributed by atoms with Gasteiger partial charge in [0.2, 0.25) is 5.82 Å². The quantitative estimate of drug-likeness (QED) is 0.717. The zero-order chi connectivity index (χ0) is 14.7. The van der Waals surface area contributed by atoms with Crippen LogP contribution >= 0.6 is 15.9 Å². The molecule has 0 saturated carbocycles. The van der Waals surface area contributed by atoms with Crippen molar-refractivity contribution in [2.45, 2.75) is 39.2 Å². The molecule has 20 heavy (non-hydrogen) atoms. The molecule has 1 atom stereocenters. The first-order valence-corrected chi connectivity index (χ1v) is 7.68. The molecule has 0 radical (unpaired) electrons. The van der Waals surface area contributed by atoms with E-state index >= 15 is 0 Å². The van der Waals surface area contributed by atoms with E-state index in [4.69, 9.17) is 4.42 Å². The van der Waals surface area contributed by atoms with Crippen molar-refractivity contribution in [3.8, 4) is 0 Å². The van der Waals surface area contributed by atoms with Crippen LogP contribution in [0.2, 0.25) is 0 Å². The summed E-state index contributed by atoms with van der Waals surface area (Å²) in [6.07, 6.45) is 2.88. The molecule has 1 N–H and O–H groups in total. The summed E-state index contributed by atoms with van der Waals surface area (Å²) in [4.78, 5) is 0. The second kappa shape index (κ2) is 6.68. The molecule has 5 heteroatoms. The minimum Gasteiger partial charge on any atom is -0.456 e.